The molecule has 2 heterocycles. The van der Waals surface area contributed by atoms with Gasteiger partial charge in [-0.3, -0.25) is 0 Å². The molecule has 0 amide bonds. The number of fused-ring (bicyclic) bond motifs is 1. The van der Waals surface area contributed by atoms with E-state index < -0.39 is 9.84 Å². The highest BCUT2D eigenvalue weighted by atomic mass is 32.2. The molecule has 2 rings (SSSR count). The van der Waals surface area contributed by atoms with Crippen LogP contribution in [0.25, 0.3) is 0 Å². The van der Waals surface area contributed by atoms with Crippen LogP contribution in [-0.4, -0.2) is 36.0 Å². The molecule has 7 heteroatoms. The van der Waals surface area contributed by atoms with E-state index in [4.69, 9.17) is 0 Å². The second-order valence-electron chi connectivity index (χ2n) is 4.49. The summed E-state index contributed by atoms with van der Waals surface area (Å²) in [6, 6.07) is 0.203. The van der Waals surface area contributed by atoms with Gasteiger partial charge in [0.25, 0.3) is 0 Å². The van der Waals surface area contributed by atoms with Gasteiger partial charge < -0.3 is 9.88 Å². The Morgan fingerprint density at radius 1 is 1.47 bits per heavy atom. The van der Waals surface area contributed by atoms with Crippen LogP contribution >= 0.6 is 0 Å². The van der Waals surface area contributed by atoms with Crippen LogP contribution in [0.3, 0.4) is 0 Å². The lowest BCUT2D eigenvalue weighted by Crippen LogP contribution is -2.34. The first-order valence-corrected chi connectivity index (χ1v) is 7.90. The van der Waals surface area contributed by atoms with E-state index in [1.54, 1.807) is 0 Å². The second-order valence-corrected chi connectivity index (χ2v) is 6.63. The Kier molecular flexibility index (Phi) is 3.48. The molecule has 0 radical (unpaired) electrons. The fraction of sp³-hybridized carbons (Fsp3) is 0.800. The number of nitrogens with one attached hydrogen (secondary N) is 1. The Bertz CT molecular complexity index is 494. The van der Waals surface area contributed by atoms with E-state index in [9.17, 15) is 8.42 Å². The lowest BCUT2D eigenvalue weighted by atomic mass is 10.1. The highest BCUT2D eigenvalue weighted by Gasteiger charge is 2.25. The summed E-state index contributed by atoms with van der Waals surface area (Å²) < 4.78 is 24.5. The predicted octanol–water partition coefficient (Wildman–Crippen LogP) is 0.267. The molecule has 17 heavy (non-hydrogen) atoms. The van der Waals surface area contributed by atoms with Gasteiger partial charge >= 0.3 is 0 Å². The minimum atomic E-state index is -3.05. The van der Waals surface area contributed by atoms with Gasteiger partial charge in [0.05, 0.1) is 6.04 Å². The standard InChI is InChI=1S/C10H18N4O2S/c1-3-4-8-10-13-12-9(7-17(2,15)16)14(10)6-5-11-8/h8,11H,3-7H2,1-2H3. The number of hydrogen-bond acceptors (Lipinski definition) is 5. The largest absolute Gasteiger partial charge is 0.312 e. The van der Waals surface area contributed by atoms with Crippen molar-refractivity contribution in [1.82, 2.24) is 20.1 Å². The first kappa shape index (κ1) is 12.5. The van der Waals surface area contributed by atoms with Crippen LogP contribution in [0.1, 0.15) is 37.5 Å². The number of aromatic nitrogens is 3. The van der Waals surface area contributed by atoms with Crippen molar-refractivity contribution in [2.24, 2.45) is 0 Å². The molecule has 0 aliphatic carbocycles. The third-order valence-electron chi connectivity index (χ3n) is 2.86. The summed E-state index contributed by atoms with van der Waals surface area (Å²) in [5.41, 5.74) is 0. The van der Waals surface area contributed by atoms with E-state index in [1.165, 1.54) is 6.26 Å². The molecule has 1 aromatic rings. The minimum absolute atomic E-state index is 0.0289. The molecule has 1 atom stereocenters. The van der Waals surface area contributed by atoms with E-state index >= 15 is 0 Å². The van der Waals surface area contributed by atoms with Gasteiger partial charge in [-0.15, -0.1) is 10.2 Å². The highest BCUT2D eigenvalue weighted by molar-refractivity contribution is 7.89. The molecule has 1 aromatic heterocycles. The van der Waals surface area contributed by atoms with Crippen molar-refractivity contribution in [2.75, 3.05) is 12.8 Å². The normalized spacial score (nSPS) is 20.2. The molecule has 6 nitrogen and oxygen atoms in total. The molecule has 0 saturated heterocycles. The Labute approximate surface area is 101 Å². The Morgan fingerprint density at radius 3 is 2.88 bits per heavy atom. The molecule has 0 aromatic carbocycles. The van der Waals surface area contributed by atoms with Crippen LogP contribution in [0.15, 0.2) is 0 Å². The number of nitrogens with zero attached hydrogens (tertiary/aromatic N) is 3. The number of rotatable bonds is 4. The van der Waals surface area contributed by atoms with Crippen molar-refractivity contribution in [3.8, 4) is 0 Å². The van der Waals surface area contributed by atoms with E-state index in [-0.39, 0.29) is 11.8 Å². The molecule has 0 bridgehead atoms. The van der Waals surface area contributed by atoms with E-state index in [0.29, 0.717) is 5.82 Å². The van der Waals surface area contributed by atoms with Crippen LogP contribution < -0.4 is 5.32 Å². The predicted molar refractivity (Wildman–Crippen MR) is 64.2 cm³/mol. The molecule has 96 valence electrons. The second kappa shape index (κ2) is 4.73. The van der Waals surface area contributed by atoms with Crippen molar-refractivity contribution in [3.63, 3.8) is 0 Å². The molecule has 1 N–H and O–H groups in total. The zero-order valence-electron chi connectivity index (χ0n) is 10.2. The summed E-state index contributed by atoms with van der Waals surface area (Å²) in [6.45, 7) is 3.70. The van der Waals surface area contributed by atoms with E-state index in [0.717, 1.165) is 31.8 Å². The maximum Gasteiger partial charge on any atom is 0.154 e. The van der Waals surface area contributed by atoms with Crippen molar-refractivity contribution in [1.29, 1.82) is 0 Å². The van der Waals surface area contributed by atoms with Crippen molar-refractivity contribution in [2.45, 2.75) is 38.1 Å². The molecule has 0 saturated carbocycles. The molecule has 0 spiro atoms. The zero-order valence-corrected chi connectivity index (χ0v) is 11.0. The monoisotopic (exact) mass is 258 g/mol. The molecular weight excluding hydrogens is 240 g/mol. The highest BCUT2D eigenvalue weighted by Crippen LogP contribution is 2.21. The van der Waals surface area contributed by atoms with Gasteiger partial charge in [-0.1, -0.05) is 13.3 Å². The minimum Gasteiger partial charge on any atom is -0.312 e. The van der Waals surface area contributed by atoms with Crippen LogP contribution in [0, 0.1) is 0 Å². The van der Waals surface area contributed by atoms with E-state index in [2.05, 4.69) is 22.4 Å². The van der Waals surface area contributed by atoms with Crippen LogP contribution in [-0.2, 0) is 22.1 Å². The van der Waals surface area contributed by atoms with Crippen molar-refractivity contribution in [3.05, 3.63) is 11.6 Å². The third-order valence-corrected chi connectivity index (χ3v) is 3.65. The number of hydrogen-bond donors (Lipinski definition) is 1. The van der Waals surface area contributed by atoms with Gasteiger partial charge in [-0.2, -0.15) is 0 Å². The van der Waals surface area contributed by atoms with Gasteiger partial charge in [0.2, 0.25) is 0 Å². The molecule has 1 unspecified atom stereocenters. The smallest absolute Gasteiger partial charge is 0.154 e. The molecule has 1 aliphatic heterocycles. The third kappa shape index (κ3) is 2.84. The summed E-state index contributed by atoms with van der Waals surface area (Å²) in [7, 11) is -3.05. The average molecular weight is 258 g/mol. The topological polar surface area (TPSA) is 76.9 Å². The Hall–Kier alpha value is -0.950. The average Bonchev–Trinajstić information content (AvgIpc) is 2.61. The Balaban J connectivity index is 2.28. The van der Waals surface area contributed by atoms with Gasteiger partial charge in [0.15, 0.2) is 9.84 Å². The van der Waals surface area contributed by atoms with Gasteiger partial charge in [-0.05, 0) is 6.42 Å². The van der Waals surface area contributed by atoms with Crippen molar-refractivity contribution >= 4 is 9.84 Å². The fourth-order valence-corrected chi connectivity index (χ4v) is 2.84. The summed E-state index contributed by atoms with van der Waals surface area (Å²) >= 11 is 0. The lowest BCUT2D eigenvalue weighted by molar-refractivity contribution is 0.389. The lowest BCUT2D eigenvalue weighted by Gasteiger charge is -2.24. The summed E-state index contributed by atoms with van der Waals surface area (Å²) in [5.74, 6) is 1.40. The summed E-state index contributed by atoms with van der Waals surface area (Å²) in [4.78, 5) is 0. The molecule has 1 aliphatic rings. The molecule has 0 fully saturated rings. The first-order valence-electron chi connectivity index (χ1n) is 5.84. The summed E-state index contributed by atoms with van der Waals surface area (Å²) in [6.07, 6.45) is 3.28. The van der Waals surface area contributed by atoms with Crippen LogP contribution in [0.2, 0.25) is 0 Å². The van der Waals surface area contributed by atoms with Gasteiger partial charge in [-0.25, -0.2) is 8.42 Å². The SMILES string of the molecule is CCCC1NCCn2c(CS(C)(=O)=O)nnc21. The fourth-order valence-electron chi connectivity index (χ4n) is 2.15. The van der Waals surface area contributed by atoms with Gasteiger partial charge in [0.1, 0.15) is 17.4 Å². The van der Waals surface area contributed by atoms with Gasteiger partial charge in [0, 0.05) is 19.3 Å². The maximum atomic E-state index is 11.3. The first-order chi connectivity index (χ1) is 8.01. The zero-order chi connectivity index (χ0) is 12.5. The van der Waals surface area contributed by atoms with Crippen LogP contribution in [0.4, 0.5) is 0 Å². The van der Waals surface area contributed by atoms with Crippen LogP contribution in [0.5, 0.6) is 0 Å². The Morgan fingerprint density at radius 2 is 2.24 bits per heavy atom. The molecular formula is C10H18N4O2S. The van der Waals surface area contributed by atoms with E-state index in [1.807, 2.05) is 4.57 Å². The number of sulfone groups is 1. The quantitative estimate of drug-likeness (QED) is 0.838. The summed E-state index contributed by atoms with van der Waals surface area (Å²) in [5, 5.41) is 11.5. The van der Waals surface area contributed by atoms with Crippen molar-refractivity contribution < 1.29 is 8.42 Å². The maximum absolute atomic E-state index is 11.3.